The minimum atomic E-state index is 0.349. The van der Waals surface area contributed by atoms with Crippen molar-refractivity contribution in [1.29, 1.82) is 0 Å². The van der Waals surface area contributed by atoms with Gasteiger partial charge in [-0.15, -0.1) is 5.10 Å². The molecule has 0 spiro atoms. The van der Waals surface area contributed by atoms with Gasteiger partial charge in [-0.05, 0) is 30.5 Å². The van der Waals surface area contributed by atoms with Crippen LogP contribution in [0.25, 0.3) is 5.65 Å². The van der Waals surface area contributed by atoms with Crippen molar-refractivity contribution in [3.8, 4) is 11.5 Å². The van der Waals surface area contributed by atoms with Gasteiger partial charge in [0.15, 0.2) is 29.3 Å². The first-order valence-corrected chi connectivity index (χ1v) is 9.89. The molecule has 1 aliphatic carbocycles. The summed E-state index contributed by atoms with van der Waals surface area (Å²) in [6.45, 7) is 0.515. The minimum Gasteiger partial charge on any atom is -0.493 e. The Morgan fingerprint density at radius 3 is 2.69 bits per heavy atom. The number of carbonyl (C=O) groups excluding carboxylic acids is 1. The summed E-state index contributed by atoms with van der Waals surface area (Å²) in [5.41, 5.74) is 1.99. The Bertz CT molecular complexity index is 1010. The molecule has 0 saturated heterocycles. The quantitative estimate of drug-likeness (QED) is 0.611. The molecule has 0 amide bonds. The third-order valence-corrected chi connectivity index (χ3v) is 5.40. The summed E-state index contributed by atoms with van der Waals surface area (Å²) in [6.07, 6.45) is 8.17. The van der Waals surface area contributed by atoms with Gasteiger partial charge in [0, 0.05) is 18.7 Å². The molecule has 4 rings (SSSR count). The Labute approximate surface area is 169 Å². The molecule has 8 nitrogen and oxygen atoms in total. The number of benzene rings is 1. The van der Waals surface area contributed by atoms with Gasteiger partial charge in [-0.25, -0.2) is 9.97 Å². The SMILES string of the molecule is COc1ccc(CNc2ncc(C=O)c3nc(C4CCCCC4)nn23)cc1OC. The van der Waals surface area contributed by atoms with E-state index < -0.39 is 0 Å². The van der Waals surface area contributed by atoms with Gasteiger partial charge in [0.05, 0.1) is 19.8 Å². The van der Waals surface area contributed by atoms with Gasteiger partial charge in [-0.2, -0.15) is 4.52 Å². The van der Waals surface area contributed by atoms with Crippen LogP contribution in [-0.2, 0) is 6.54 Å². The molecule has 1 saturated carbocycles. The first-order chi connectivity index (χ1) is 14.2. The lowest BCUT2D eigenvalue weighted by Crippen LogP contribution is -2.09. The van der Waals surface area contributed by atoms with E-state index in [0.29, 0.717) is 41.1 Å². The van der Waals surface area contributed by atoms with Crippen molar-refractivity contribution >= 4 is 17.9 Å². The third kappa shape index (κ3) is 3.87. The normalized spacial score (nSPS) is 14.7. The highest BCUT2D eigenvalue weighted by atomic mass is 16.5. The number of hydrogen-bond donors (Lipinski definition) is 1. The molecule has 0 atom stereocenters. The van der Waals surface area contributed by atoms with Crippen LogP contribution in [0.1, 0.15) is 59.8 Å². The van der Waals surface area contributed by atoms with Crippen molar-refractivity contribution < 1.29 is 14.3 Å². The van der Waals surface area contributed by atoms with E-state index in [1.807, 2.05) is 18.2 Å². The number of aldehydes is 1. The summed E-state index contributed by atoms with van der Waals surface area (Å²) in [4.78, 5) is 20.5. The van der Waals surface area contributed by atoms with Crippen molar-refractivity contribution in [3.63, 3.8) is 0 Å². The Morgan fingerprint density at radius 1 is 1.17 bits per heavy atom. The smallest absolute Gasteiger partial charge is 0.226 e. The van der Waals surface area contributed by atoms with Crippen LogP contribution in [0.4, 0.5) is 5.95 Å². The molecule has 3 aromatic rings. The number of rotatable bonds is 7. The molecule has 1 fully saturated rings. The van der Waals surface area contributed by atoms with Crippen LogP contribution in [0, 0.1) is 0 Å². The number of anilines is 1. The van der Waals surface area contributed by atoms with E-state index in [4.69, 9.17) is 14.6 Å². The van der Waals surface area contributed by atoms with Gasteiger partial charge in [-0.1, -0.05) is 25.3 Å². The van der Waals surface area contributed by atoms with E-state index in [2.05, 4.69) is 15.3 Å². The van der Waals surface area contributed by atoms with Crippen LogP contribution >= 0.6 is 0 Å². The highest BCUT2D eigenvalue weighted by Crippen LogP contribution is 2.31. The first-order valence-electron chi connectivity index (χ1n) is 9.89. The van der Waals surface area contributed by atoms with Crippen molar-refractivity contribution in [2.75, 3.05) is 19.5 Å². The summed E-state index contributed by atoms with van der Waals surface area (Å²) in [5.74, 6) is 3.05. The molecular formula is C21H25N5O3. The van der Waals surface area contributed by atoms with Crippen molar-refractivity contribution in [2.45, 2.75) is 44.6 Å². The average Bonchev–Trinajstić information content (AvgIpc) is 3.23. The van der Waals surface area contributed by atoms with Crippen molar-refractivity contribution in [3.05, 3.63) is 41.3 Å². The van der Waals surface area contributed by atoms with Gasteiger partial charge >= 0.3 is 0 Å². The molecule has 8 heteroatoms. The second-order valence-electron chi connectivity index (χ2n) is 7.24. The summed E-state index contributed by atoms with van der Waals surface area (Å²) in [6, 6.07) is 5.74. The molecule has 29 heavy (non-hydrogen) atoms. The maximum Gasteiger partial charge on any atom is 0.226 e. The maximum atomic E-state index is 11.5. The Hall–Kier alpha value is -3.16. The van der Waals surface area contributed by atoms with Gasteiger partial charge in [0.1, 0.15) is 0 Å². The zero-order valence-corrected chi connectivity index (χ0v) is 16.7. The molecule has 0 bridgehead atoms. The Kier molecular flexibility index (Phi) is 5.59. The van der Waals surface area contributed by atoms with Crippen molar-refractivity contribution in [1.82, 2.24) is 19.6 Å². The lowest BCUT2D eigenvalue weighted by molar-refractivity contribution is 0.112. The number of fused-ring (bicyclic) bond motifs is 1. The van der Waals surface area contributed by atoms with Gasteiger partial charge in [0.2, 0.25) is 5.95 Å². The van der Waals surface area contributed by atoms with E-state index in [0.717, 1.165) is 30.5 Å². The number of carbonyl (C=O) groups is 1. The fraction of sp³-hybridized carbons (Fsp3) is 0.429. The molecule has 0 aliphatic heterocycles. The fourth-order valence-electron chi connectivity index (χ4n) is 3.81. The second kappa shape index (κ2) is 8.46. The first kappa shape index (κ1) is 19.2. The molecule has 1 aromatic carbocycles. The standard InChI is InChI=1S/C21H25N5O3/c1-28-17-9-8-14(10-18(17)29-2)11-22-21-23-12-16(13-27)20-24-19(25-26(20)21)15-6-4-3-5-7-15/h8-10,12-13,15H,3-7,11H2,1-2H3,(H,22,23). The van der Waals surface area contributed by atoms with Gasteiger partial charge < -0.3 is 14.8 Å². The maximum absolute atomic E-state index is 11.5. The number of ether oxygens (including phenoxy) is 2. The summed E-state index contributed by atoms with van der Waals surface area (Å²) in [5, 5.41) is 7.99. The van der Waals surface area contributed by atoms with E-state index in [-0.39, 0.29) is 0 Å². The second-order valence-corrected chi connectivity index (χ2v) is 7.24. The fourth-order valence-corrected chi connectivity index (χ4v) is 3.81. The van der Waals surface area contributed by atoms with Crippen LogP contribution in [-0.4, -0.2) is 40.1 Å². The molecule has 1 N–H and O–H groups in total. The zero-order chi connectivity index (χ0) is 20.2. The zero-order valence-electron chi connectivity index (χ0n) is 16.7. The predicted octanol–water partition coefficient (Wildman–Crippen LogP) is 3.61. The van der Waals surface area contributed by atoms with Gasteiger partial charge in [-0.3, -0.25) is 4.79 Å². The number of aromatic nitrogens is 4. The summed E-state index contributed by atoms with van der Waals surface area (Å²) >= 11 is 0. The largest absolute Gasteiger partial charge is 0.493 e. The van der Waals surface area contributed by atoms with E-state index in [1.165, 1.54) is 19.3 Å². The Morgan fingerprint density at radius 2 is 1.97 bits per heavy atom. The molecule has 0 radical (unpaired) electrons. The highest BCUT2D eigenvalue weighted by Gasteiger charge is 2.22. The van der Waals surface area contributed by atoms with E-state index in [1.54, 1.807) is 24.9 Å². The minimum absolute atomic E-state index is 0.349. The van der Waals surface area contributed by atoms with E-state index >= 15 is 0 Å². The number of nitrogens with one attached hydrogen (secondary N) is 1. The number of methoxy groups -OCH3 is 2. The Balaban J connectivity index is 1.61. The van der Waals surface area contributed by atoms with Crippen LogP contribution in [0.5, 0.6) is 11.5 Å². The number of nitrogens with zero attached hydrogens (tertiary/aromatic N) is 4. The molecule has 0 unspecified atom stereocenters. The van der Waals surface area contributed by atoms with Crippen LogP contribution in [0.3, 0.4) is 0 Å². The lowest BCUT2D eigenvalue weighted by Gasteiger charge is -2.18. The highest BCUT2D eigenvalue weighted by molar-refractivity contribution is 5.84. The van der Waals surface area contributed by atoms with Crippen LogP contribution in [0.2, 0.25) is 0 Å². The lowest BCUT2D eigenvalue weighted by atomic mass is 9.89. The van der Waals surface area contributed by atoms with Crippen LogP contribution < -0.4 is 14.8 Å². The summed E-state index contributed by atoms with van der Waals surface area (Å²) < 4.78 is 12.3. The third-order valence-electron chi connectivity index (χ3n) is 5.40. The topological polar surface area (TPSA) is 90.6 Å². The molecule has 2 heterocycles. The predicted molar refractivity (Wildman–Crippen MR) is 109 cm³/mol. The molecular weight excluding hydrogens is 370 g/mol. The molecule has 2 aromatic heterocycles. The van der Waals surface area contributed by atoms with Crippen molar-refractivity contribution in [2.24, 2.45) is 0 Å². The average molecular weight is 395 g/mol. The molecule has 152 valence electrons. The van der Waals surface area contributed by atoms with Crippen LogP contribution in [0.15, 0.2) is 24.4 Å². The summed E-state index contributed by atoms with van der Waals surface area (Å²) in [7, 11) is 3.22. The van der Waals surface area contributed by atoms with Gasteiger partial charge in [0.25, 0.3) is 0 Å². The van der Waals surface area contributed by atoms with E-state index in [9.17, 15) is 4.79 Å². The monoisotopic (exact) mass is 395 g/mol. The molecule has 1 aliphatic rings. The number of hydrogen-bond acceptors (Lipinski definition) is 7.